The standard InChI is InChI=1S/C20H24N4O3S/c1-4-27-20(26)24-10-9-14-15(11-24)28-19-16(14)18(25)21-17(22-19)12-5-7-13(8-6-12)23(2)3/h5-8,17,22H,4,9-11H2,1-3H3,(H,21,25)/t17-/m0/s1. The lowest BCUT2D eigenvalue weighted by atomic mass is 10.0. The summed E-state index contributed by atoms with van der Waals surface area (Å²) in [5.41, 5.74) is 3.89. The Labute approximate surface area is 168 Å². The van der Waals surface area contributed by atoms with Crippen LogP contribution in [0.15, 0.2) is 24.3 Å². The van der Waals surface area contributed by atoms with Gasteiger partial charge in [-0.15, -0.1) is 11.3 Å². The molecule has 1 aromatic carbocycles. The molecule has 2 aromatic rings. The van der Waals surface area contributed by atoms with Crippen molar-refractivity contribution in [3.63, 3.8) is 0 Å². The van der Waals surface area contributed by atoms with Crippen molar-refractivity contribution in [3.05, 3.63) is 45.8 Å². The quantitative estimate of drug-likeness (QED) is 0.828. The molecular weight excluding hydrogens is 376 g/mol. The van der Waals surface area contributed by atoms with E-state index in [1.807, 2.05) is 43.3 Å². The predicted octanol–water partition coefficient (Wildman–Crippen LogP) is 3.18. The van der Waals surface area contributed by atoms with Crippen LogP contribution >= 0.6 is 11.3 Å². The maximum absolute atomic E-state index is 12.8. The predicted molar refractivity (Wildman–Crippen MR) is 110 cm³/mol. The lowest BCUT2D eigenvalue weighted by Gasteiger charge is -2.28. The summed E-state index contributed by atoms with van der Waals surface area (Å²) in [6, 6.07) is 8.12. The van der Waals surface area contributed by atoms with Crippen LogP contribution < -0.4 is 15.5 Å². The Morgan fingerprint density at radius 1 is 1.29 bits per heavy atom. The molecule has 0 unspecified atom stereocenters. The fraction of sp³-hybridized carbons (Fsp3) is 0.400. The first-order valence-electron chi connectivity index (χ1n) is 9.38. The molecule has 2 aliphatic rings. The number of nitrogens with zero attached hydrogens (tertiary/aromatic N) is 2. The molecular formula is C20H24N4O3S. The molecule has 2 amide bonds. The smallest absolute Gasteiger partial charge is 0.410 e. The van der Waals surface area contributed by atoms with Gasteiger partial charge in [0, 0.05) is 31.2 Å². The molecule has 8 heteroatoms. The molecule has 2 aliphatic heterocycles. The van der Waals surface area contributed by atoms with Gasteiger partial charge in [-0.2, -0.15) is 0 Å². The molecule has 3 heterocycles. The van der Waals surface area contributed by atoms with Crippen LogP contribution in [0.4, 0.5) is 15.5 Å². The number of thiophene rings is 1. The third kappa shape index (κ3) is 3.28. The molecule has 0 aliphatic carbocycles. The molecule has 148 valence electrons. The van der Waals surface area contributed by atoms with Gasteiger partial charge >= 0.3 is 6.09 Å². The number of rotatable bonds is 3. The van der Waals surface area contributed by atoms with Crippen LogP contribution in [0.1, 0.15) is 39.5 Å². The molecule has 4 rings (SSSR count). The fourth-order valence-electron chi connectivity index (χ4n) is 3.62. The topological polar surface area (TPSA) is 73.9 Å². The third-order valence-electron chi connectivity index (χ3n) is 5.10. The largest absolute Gasteiger partial charge is 0.450 e. The molecule has 0 radical (unpaired) electrons. The summed E-state index contributed by atoms with van der Waals surface area (Å²) in [7, 11) is 4.00. The Bertz CT molecular complexity index is 907. The number of carbonyl (C=O) groups is 2. The first kappa shape index (κ1) is 18.6. The fourth-order valence-corrected chi connectivity index (χ4v) is 4.91. The molecule has 0 bridgehead atoms. The van der Waals surface area contributed by atoms with Crippen molar-refractivity contribution in [2.75, 3.05) is 37.5 Å². The van der Waals surface area contributed by atoms with Crippen molar-refractivity contribution in [2.24, 2.45) is 0 Å². The van der Waals surface area contributed by atoms with Gasteiger partial charge in [-0.3, -0.25) is 4.79 Å². The molecule has 28 heavy (non-hydrogen) atoms. The molecule has 0 saturated carbocycles. The van der Waals surface area contributed by atoms with Crippen LogP contribution in [0, 0.1) is 0 Å². The number of hydrogen-bond donors (Lipinski definition) is 2. The zero-order valence-electron chi connectivity index (χ0n) is 16.2. The van der Waals surface area contributed by atoms with Gasteiger partial charge in [-0.05, 0) is 36.6 Å². The monoisotopic (exact) mass is 400 g/mol. The number of nitrogens with one attached hydrogen (secondary N) is 2. The molecule has 7 nitrogen and oxygen atoms in total. The van der Waals surface area contributed by atoms with Gasteiger partial charge in [0.2, 0.25) is 0 Å². The molecule has 0 fully saturated rings. The molecule has 1 aromatic heterocycles. The minimum Gasteiger partial charge on any atom is -0.450 e. The first-order valence-corrected chi connectivity index (χ1v) is 10.2. The summed E-state index contributed by atoms with van der Waals surface area (Å²) >= 11 is 1.56. The molecule has 1 atom stereocenters. The maximum atomic E-state index is 12.8. The van der Waals surface area contributed by atoms with E-state index in [1.165, 1.54) is 0 Å². The van der Waals surface area contributed by atoms with Gasteiger partial charge in [0.1, 0.15) is 11.2 Å². The zero-order chi connectivity index (χ0) is 19.8. The minimum atomic E-state index is -0.296. The van der Waals surface area contributed by atoms with Crippen LogP contribution in [0.5, 0.6) is 0 Å². The van der Waals surface area contributed by atoms with E-state index in [0.717, 1.165) is 32.3 Å². The number of ether oxygens (including phenoxy) is 1. The number of fused-ring (bicyclic) bond motifs is 3. The highest BCUT2D eigenvalue weighted by molar-refractivity contribution is 7.16. The van der Waals surface area contributed by atoms with E-state index < -0.39 is 0 Å². The van der Waals surface area contributed by atoms with E-state index >= 15 is 0 Å². The molecule has 2 N–H and O–H groups in total. The van der Waals surface area contributed by atoms with E-state index in [-0.39, 0.29) is 18.2 Å². The van der Waals surface area contributed by atoms with E-state index in [0.29, 0.717) is 26.1 Å². The van der Waals surface area contributed by atoms with Crippen molar-refractivity contribution in [2.45, 2.75) is 26.1 Å². The molecule has 0 spiro atoms. The highest BCUT2D eigenvalue weighted by Crippen LogP contribution is 2.40. The van der Waals surface area contributed by atoms with Crippen LogP contribution in [-0.4, -0.2) is 44.1 Å². The average Bonchev–Trinajstić information content (AvgIpc) is 3.06. The van der Waals surface area contributed by atoms with Crippen LogP contribution in [0.25, 0.3) is 0 Å². The average molecular weight is 401 g/mol. The highest BCUT2D eigenvalue weighted by atomic mass is 32.1. The van der Waals surface area contributed by atoms with Crippen molar-refractivity contribution in [3.8, 4) is 0 Å². The first-order chi connectivity index (χ1) is 13.5. The summed E-state index contributed by atoms with van der Waals surface area (Å²) in [6.07, 6.45) is 0.102. The van der Waals surface area contributed by atoms with Gasteiger partial charge in [0.05, 0.1) is 18.7 Å². The summed E-state index contributed by atoms with van der Waals surface area (Å²) in [6.45, 7) is 3.22. The van der Waals surface area contributed by atoms with E-state index in [4.69, 9.17) is 4.74 Å². The number of amides is 2. The highest BCUT2D eigenvalue weighted by Gasteiger charge is 2.34. The summed E-state index contributed by atoms with van der Waals surface area (Å²) in [5.74, 6) is -0.0579. The normalized spacial score (nSPS) is 17.9. The lowest BCUT2D eigenvalue weighted by Crippen LogP contribution is -2.39. The van der Waals surface area contributed by atoms with Crippen molar-refractivity contribution in [1.29, 1.82) is 0 Å². The Kier molecular flexibility index (Phi) is 4.89. The van der Waals surface area contributed by atoms with Gasteiger partial charge in [-0.25, -0.2) is 4.79 Å². The van der Waals surface area contributed by atoms with Gasteiger partial charge < -0.3 is 25.2 Å². The van der Waals surface area contributed by atoms with Crippen LogP contribution in [0.3, 0.4) is 0 Å². The van der Waals surface area contributed by atoms with Gasteiger partial charge in [0.25, 0.3) is 5.91 Å². The minimum absolute atomic E-state index is 0.0579. The maximum Gasteiger partial charge on any atom is 0.410 e. The number of benzene rings is 1. The Morgan fingerprint density at radius 2 is 2.04 bits per heavy atom. The molecule has 0 saturated heterocycles. The van der Waals surface area contributed by atoms with Crippen molar-refractivity contribution < 1.29 is 14.3 Å². The number of carbonyl (C=O) groups excluding carboxylic acids is 2. The van der Waals surface area contributed by atoms with Crippen LogP contribution in [-0.2, 0) is 17.7 Å². The third-order valence-corrected chi connectivity index (χ3v) is 6.25. The van der Waals surface area contributed by atoms with Crippen molar-refractivity contribution in [1.82, 2.24) is 10.2 Å². The Balaban J connectivity index is 1.56. The Hall–Kier alpha value is -2.74. The number of anilines is 2. The van der Waals surface area contributed by atoms with E-state index in [1.54, 1.807) is 23.2 Å². The SMILES string of the molecule is CCOC(=O)N1CCc2c(sc3c2C(=O)N[C@H](c2ccc(N(C)C)cc2)N3)C1. The zero-order valence-corrected chi connectivity index (χ0v) is 17.1. The second-order valence-corrected chi connectivity index (χ2v) is 8.22. The summed E-state index contributed by atoms with van der Waals surface area (Å²) in [5, 5.41) is 7.40. The van der Waals surface area contributed by atoms with Gasteiger partial charge in [0.15, 0.2) is 0 Å². The summed E-state index contributed by atoms with van der Waals surface area (Å²) < 4.78 is 5.11. The lowest BCUT2D eigenvalue weighted by molar-refractivity contribution is 0.0934. The van der Waals surface area contributed by atoms with Crippen LogP contribution in [0.2, 0.25) is 0 Å². The second-order valence-electron chi connectivity index (χ2n) is 7.12. The van der Waals surface area contributed by atoms with Crippen molar-refractivity contribution >= 4 is 34.0 Å². The van der Waals surface area contributed by atoms with E-state index in [2.05, 4.69) is 10.6 Å². The second kappa shape index (κ2) is 7.35. The number of hydrogen-bond acceptors (Lipinski definition) is 6. The van der Waals surface area contributed by atoms with Gasteiger partial charge in [-0.1, -0.05) is 12.1 Å². The van der Waals surface area contributed by atoms with E-state index in [9.17, 15) is 9.59 Å². The Morgan fingerprint density at radius 3 is 2.71 bits per heavy atom. The summed E-state index contributed by atoms with van der Waals surface area (Å²) in [4.78, 5) is 29.7.